The summed E-state index contributed by atoms with van der Waals surface area (Å²) in [6, 6.07) is 8.68. The first-order valence-corrected chi connectivity index (χ1v) is 11.1. The maximum atomic E-state index is 13.5. The van der Waals surface area contributed by atoms with Crippen LogP contribution < -0.4 is 20.1 Å². The molecule has 2 bridgehead atoms. The van der Waals surface area contributed by atoms with E-state index in [1.54, 1.807) is 12.1 Å². The van der Waals surface area contributed by atoms with E-state index in [1.165, 1.54) is 18.2 Å². The van der Waals surface area contributed by atoms with E-state index in [-0.39, 0.29) is 46.9 Å². The fourth-order valence-electron chi connectivity index (χ4n) is 4.88. The van der Waals surface area contributed by atoms with E-state index in [0.29, 0.717) is 35.6 Å². The quantitative estimate of drug-likeness (QED) is 0.643. The highest BCUT2D eigenvalue weighted by atomic mass is 35.5. The highest BCUT2D eigenvalue weighted by Crippen LogP contribution is 2.60. The topological polar surface area (TPSA) is 93.7 Å². The SMILES string of the molecule is O=C(COc1ccc(Cl)c(F)c1)NC12CC(NC(=O)[C@H]3CC(=O)c4cc(Cl)ccc4O3)(C1)C2. The van der Waals surface area contributed by atoms with Crippen molar-refractivity contribution in [2.24, 2.45) is 0 Å². The van der Waals surface area contributed by atoms with Gasteiger partial charge in [-0.1, -0.05) is 23.2 Å². The van der Waals surface area contributed by atoms with Gasteiger partial charge in [0.2, 0.25) is 0 Å². The van der Waals surface area contributed by atoms with Crippen molar-refractivity contribution in [1.82, 2.24) is 10.6 Å². The van der Waals surface area contributed by atoms with Crippen molar-refractivity contribution in [1.29, 1.82) is 0 Å². The first-order chi connectivity index (χ1) is 15.7. The van der Waals surface area contributed by atoms with Crippen LogP contribution in [0, 0.1) is 5.82 Å². The van der Waals surface area contributed by atoms with Crippen molar-refractivity contribution in [2.45, 2.75) is 42.9 Å². The van der Waals surface area contributed by atoms with E-state index in [2.05, 4.69) is 10.6 Å². The number of amides is 2. The number of Topliss-reactive ketones (excluding diaryl/α,β-unsaturated/α-hetero) is 1. The molecule has 33 heavy (non-hydrogen) atoms. The number of ether oxygens (including phenoxy) is 2. The second kappa shape index (κ2) is 7.88. The van der Waals surface area contributed by atoms with Gasteiger partial charge in [0.1, 0.15) is 17.3 Å². The van der Waals surface area contributed by atoms with E-state index < -0.39 is 17.5 Å². The lowest BCUT2D eigenvalue weighted by Gasteiger charge is -2.70. The largest absolute Gasteiger partial charge is 0.484 e. The molecule has 2 N–H and O–H groups in total. The van der Waals surface area contributed by atoms with Gasteiger partial charge in [-0.25, -0.2) is 4.39 Å². The van der Waals surface area contributed by atoms with Crippen LogP contribution in [0.3, 0.4) is 0 Å². The van der Waals surface area contributed by atoms with Crippen LogP contribution in [-0.4, -0.2) is 41.4 Å². The number of benzene rings is 2. The number of fused-ring (bicyclic) bond motifs is 1. The lowest BCUT2D eigenvalue weighted by molar-refractivity contribution is -0.154. The van der Waals surface area contributed by atoms with Crippen LogP contribution >= 0.6 is 23.2 Å². The molecule has 3 saturated carbocycles. The maximum Gasteiger partial charge on any atom is 0.261 e. The van der Waals surface area contributed by atoms with Gasteiger partial charge in [-0.3, -0.25) is 14.4 Å². The molecule has 0 saturated heterocycles. The van der Waals surface area contributed by atoms with Gasteiger partial charge in [0.05, 0.1) is 17.0 Å². The Morgan fingerprint density at radius 2 is 1.82 bits per heavy atom. The lowest BCUT2D eigenvalue weighted by Crippen LogP contribution is -2.84. The Labute approximate surface area is 198 Å². The lowest BCUT2D eigenvalue weighted by atomic mass is 9.44. The maximum absolute atomic E-state index is 13.5. The zero-order valence-corrected chi connectivity index (χ0v) is 18.8. The summed E-state index contributed by atoms with van der Waals surface area (Å²) in [7, 11) is 0. The van der Waals surface area contributed by atoms with E-state index >= 15 is 0 Å². The highest BCUT2D eigenvalue weighted by molar-refractivity contribution is 6.31. The minimum atomic E-state index is -0.904. The molecule has 6 rings (SSSR count). The summed E-state index contributed by atoms with van der Waals surface area (Å²) in [5.74, 6) is -0.946. The van der Waals surface area contributed by atoms with Crippen molar-refractivity contribution in [3.05, 3.63) is 57.8 Å². The zero-order chi connectivity index (χ0) is 23.4. The Balaban J connectivity index is 1.10. The monoisotopic (exact) mass is 492 g/mol. The smallest absolute Gasteiger partial charge is 0.261 e. The fourth-order valence-corrected chi connectivity index (χ4v) is 5.17. The Bertz CT molecular complexity index is 1170. The first-order valence-electron chi connectivity index (χ1n) is 10.4. The van der Waals surface area contributed by atoms with Gasteiger partial charge in [0, 0.05) is 22.2 Å². The predicted octanol–water partition coefficient (Wildman–Crippen LogP) is 3.45. The molecular weight excluding hydrogens is 474 g/mol. The summed E-state index contributed by atoms with van der Waals surface area (Å²) >= 11 is 11.6. The summed E-state index contributed by atoms with van der Waals surface area (Å²) < 4.78 is 24.5. The van der Waals surface area contributed by atoms with Crippen LogP contribution in [0.25, 0.3) is 0 Å². The van der Waals surface area contributed by atoms with E-state index in [9.17, 15) is 18.8 Å². The Morgan fingerprint density at radius 1 is 1.09 bits per heavy atom. The normalized spacial score (nSPS) is 26.8. The van der Waals surface area contributed by atoms with Crippen LogP contribution in [-0.2, 0) is 9.59 Å². The molecule has 1 aliphatic heterocycles. The number of ketones is 1. The third-order valence-corrected chi connectivity index (χ3v) is 6.80. The molecule has 1 heterocycles. The van der Waals surface area contributed by atoms with Gasteiger partial charge in [0.15, 0.2) is 18.5 Å². The summed E-state index contributed by atoms with van der Waals surface area (Å²) in [5, 5.41) is 6.31. The minimum absolute atomic E-state index is 0.0235. The molecule has 10 heteroatoms. The molecule has 0 unspecified atom stereocenters. The summed E-state index contributed by atoms with van der Waals surface area (Å²) in [6.07, 6.45) is 0.790. The Morgan fingerprint density at radius 3 is 2.55 bits per heavy atom. The molecule has 4 aliphatic rings. The summed E-state index contributed by atoms with van der Waals surface area (Å²) in [6.45, 7) is -0.260. The van der Waals surface area contributed by atoms with Gasteiger partial charge in [-0.15, -0.1) is 0 Å². The molecule has 3 aliphatic carbocycles. The van der Waals surface area contributed by atoms with Gasteiger partial charge in [-0.05, 0) is 49.6 Å². The minimum Gasteiger partial charge on any atom is -0.484 e. The van der Waals surface area contributed by atoms with Crippen LogP contribution in [0.2, 0.25) is 10.0 Å². The van der Waals surface area contributed by atoms with Crippen LogP contribution in [0.1, 0.15) is 36.0 Å². The van der Waals surface area contributed by atoms with Gasteiger partial charge in [-0.2, -0.15) is 0 Å². The molecule has 0 spiro atoms. The highest BCUT2D eigenvalue weighted by Gasteiger charge is 2.69. The van der Waals surface area contributed by atoms with Crippen molar-refractivity contribution in [3.63, 3.8) is 0 Å². The number of hydrogen-bond acceptors (Lipinski definition) is 5. The average Bonchev–Trinajstić information content (AvgIpc) is 2.72. The van der Waals surface area contributed by atoms with Crippen molar-refractivity contribution in [2.75, 3.05) is 6.61 Å². The van der Waals surface area contributed by atoms with Crippen molar-refractivity contribution in [3.8, 4) is 11.5 Å². The third-order valence-electron chi connectivity index (χ3n) is 6.26. The van der Waals surface area contributed by atoms with Crippen molar-refractivity contribution >= 4 is 40.8 Å². The summed E-state index contributed by atoms with van der Waals surface area (Å²) in [4.78, 5) is 37.3. The molecule has 0 radical (unpaired) electrons. The van der Waals surface area contributed by atoms with Gasteiger partial charge < -0.3 is 20.1 Å². The molecule has 172 valence electrons. The number of rotatable bonds is 6. The molecule has 2 aromatic rings. The molecule has 1 atom stereocenters. The second-order valence-corrected chi connectivity index (χ2v) is 9.71. The third kappa shape index (κ3) is 4.13. The Hall–Kier alpha value is -2.84. The van der Waals surface area contributed by atoms with E-state index in [4.69, 9.17) is 32.7 Å². The number of carbonyl (C=O) groups is 3. The number of nitrogens with one attached hydrogen (secondary N) is 2. The molecule has 2 amide bonds. The molecular formula is C23H19Cl2FN2O5. The Kier molecular flexibility index (Phi) is 5.25. The van der Waals surface area contributed by atoms with Gasteiger partial charge >= 0.3 is 0 Å². The predicted molar refractivity (Wildman–Crippen MR) is 117 cm³/mol. The van der Waals surface area contributed by atoms with Crippen LogP contribution in [0.4, 0.5) is 4.39 Å². The number of carbonyl (C=O) groups excluding carboxylic acids is 3. The molecule has 0 aromatic heterocycles. The fraction of sp³-hybridized carbons (Fsp3) is 0.348. The van der Waals surface area contributed by atoms with Crippen molar-refractivity contribution < 1.29 is 28.2 Å². The number of hydrogen-bond donors (Lipinski definition) is 2. The van der Waals surface area contributed by atoms with Gasteiger partial charge in [0.25, 0.3) is 11.8 Å². The molecule has 2 aromatic carbocycles. The second-order valence-electron chi connectivity index (χ2n) is 8.87. The zero-order valence-electron chi connectivity index (χ0n) is 17.3. The van der Waals surface area contributed by atoms with E-state index in [0.717, 1.165) is 6.07 Å². The number of halogens is 3. The molecule has 7 nitrogen and oxygen atoms in total. The molecule has 3 fully saturated rings. The van der Waals surface area contributed by atoms with Crippen LogP contribution in [0.15, 0.2) is 36.4 Å². The summed E-state index contributed by atoms with van der Waals surface area (Å²) in [5.41, 5.74) is -0.412. The van der Waals surface area contributed by atoms with E-state index in [1.807, 2.05) is 0 Å². The standard InChI is InChI=1S/C23H19Cl2FN2O5/c24-12-1-4-18-14(5-12)17(29)7-19(33-18)21(31)28-23-9-22(10-23,11-23)27-20(30)8-32-13-2-3-15(25)16(26)6-13/h1-6,19H,7-11H2,(H,27,30)(H,28,31)/t19-,22?,23?/m1/s1. The van der Waals surface area contributed by atoms with Crippen LogP contribution in [0.5, 0.6) is 11.5 Å². The first kappa shape index (κ1) is 22.0. The average molecular weight is 493 g/mol.